The second kappa shape index (κ2) is 9.89. The molecule has 3 aromatic carbocycles. The number of rotatable bonds is 7. The number of para-hydroxylation sites is 1. The first-order valence-corrected chi connectivity index (χ1v) is 11.9. The summed E-state index contributed by atoms with van der Waals surface area (Å²) in [6.45, 7) is 1.97. The average Bonchev–Trinajstić information content (AvgIpc) is 3.48. The number of carbonyl (C=O) groups excluding carboxylic acids is 3. The van der Waals surface area contributed by atoms with Crippen molar-refractivity contribution in [3.8, 4) is 5.75 Å². The fourth-order valence-electron chi connectivity index (χ4n) is 4.77. The molecule has 0 bridgehead atoms. The van der Waals surface area contributed by atoms with Crippen molar-refractivity contribution in [3.63, 3.8) is 0 Å². The number of methoxy groups -OCH3 is 2. The number of hydrogen-bond acceptors (Lipinski definition) is 7. The maximum Gasteiger partial charge on any atom is 0.337 e. The number of aliphatic hydroxyl groups is 1. The fourth-order valence-corrected chi connectivity index (χ4v) is 4.77. The first-order chi connectivity index (χ1) is 18.3. The molecule has 0 radical (unpaired) electrons. The maximum atomic E-state index is 13.8. The van der Waals surface area contributed by atoms with Crippen LogP contribution >= 0.6 is 0 Å². The number of aryl methyl sites for hydroxylation is 1. The first kappa shape index (κ1) is 24.8. The van der Waals surface area contributed by atoms with Gasteiger partial charge in [-0.05, 0) is 47.9 Å². The van der Waals surface area contributed by atoms with Gasteiger partial charge in [-0.2, -0.15) is 0 Å². The smallest absolute Gasteiger partial charge is 0.337 e. The van der Waals surface area contributed by atoms with Gasteiger partial charge in [-0.1, -0.05) is 48.5 Å². The van der Waals surface area contributed by atoms with E-state index in [0.717, 1.165) is 5.56 Å². The molecular weight excluding hydrogens is 486 g/mol. The third-order valence-electron chi connectivity index (χ3n) is 6.71. The van der Waals surface area contributed by atoms with Gasteiger partial charge in [0.05, 0.1) is 31.4 Å². The third-order valence-corrected chi connectivity index (χ3v) is 6.71. The summed E-state index contributed by atoms with van der Waals surface area (Å²) in [6, 6.07) is 20.0. The number of esters is 1. The van der Waals surface area contributed by atoms with Crippen LogP contribution in [0.3, 0.4) is 0 Å². The highest BCUT2D eigenvalue weighted by Crippen LogP contribution is 2.42. The van der Waals surface area contributed by atoms with E-state index in [-0.39, 0.29) is 17.9 Å². The van der Waals surface area contributed by atoms with Crippen LogP contribution in [0, 0.1) is 6.92 Å². The van der Waals surface area contributed by atoms with Gasteiger partial charge in [-0.15, -0.1) is 0 Å². The maximum absolute atomic E-state index is 13.8. The highest BCUT2D eigenvalue weighted by Gasteiger charge is 2.45. The summed E-state index contributed by atoms with van der Waals surface area (Å²) >= 11 is 0. The number of hydrogen-bond donors (Lipinski definition) is 1. The molecule has 0 saturated carbocycles. The molecule has 1 aliphatic rings. The third kappa shape index (κ3) is 4.20. The van der Waals surface area contributed by atoms with Crippen molar-refractivity contribution in [2.75, 3.05) is 14.2 Å². The van der Waals surface area contributed by atoms with E-state index < -0.39 is 29.5 Å². The van der Waals surface area contributed by atoms with Crippen LogP contribution in [-0.2, 0) is 16.1 Å². The van der Waals surface area contributed by atoms with Crippen molar-refractivity contribution in [1.82, 2.24) is 4.90 Å². The van der Waals surface area contributed by atoms with E-state index in [4.69, 9.17) is 13.9 Å². The molecule has 8 heteroatoms. The molecular formula is C30H25NO7. The zero-order chi connectivity index (χ0) is 27.0. The van der Waals surface area contributed by atoms with E-state index in [2.05, 4.69) is 0 Å². The largest absolute Gasteiger partial charge is 0.503 e. The monoisotopic (exact) mass is 511 g/mol. The van der Waals surface area contributed by atoms with Gasteiger partial charge in [0, 0.05) is 11.9 Å². The Balaban J connectivity index is 1.57. The Kier molecular flexibility index (Phi) is 6.46. The summed E-state index contributed by atoms with van der Waals surface area (Å²) < 4.78 is 16.0. The lowest BCUT2D eigenvalue weighted by atomic mass is 9.92. The molecule has 0 aliphatic carbocycles. The summed E-state index contributed by atoms with van der Waals surface area (Å²) in [6.07, 6.45) is 0. The molecule has 2 heterocycles. The molecule has 1 amide bonds. The Bertz CT molecular complexity index is 1600. The molecule has 1 aliphatic heterocycles. The summed E-state index contributed by atoms with van der Waals surface area (Å²) in [5, 5.41) is 11.7. The van der Waals surface area contributed by atoms with E-state index >= 15 is 0 Å². The zero-order valence-corrected chi connectivity index (χ0v) is 21.1. The second-order valence-corrected chi connectivity index (χ2v) is 8.96. The van der Waals surface area contributed by atoms with Gasteiger partial charge >= 0.3 is 5.97 Å². The van der Waals surface area contributed by atoms with Crippen molar-refractivity contribution < 1.29 is 33.4 Å². The topological polar surface area (TPSA) is 106 Å². The van der Waals surface area contributed by atoms with Crippen LogP contribution in [0.2, 0.25) is 0 Å². The molecule has 8 nitrogen and oxygen atoms in total. The molecule has 0 saturated heterocycles. The lowest BCUT2D eigenvalue weighted by Crippen LogP contribution is -2.31. The summed E-state index contributed by atoms with van der Waals surface area (Å²) in [5.41, 5.74) is 2.97. The number of Topliss-reactive ketones (excluding diaryl/α,β-unsaturated/α-hetero) is 1. The van der Waals surface area contributed by atoms with Crippen molar-refractivity contribution in [1.29, 1.82) is 0 Å². The van der Waals surface area contributed by atoms with E-state index in [1.54, 1.807) is 48.5 Å². The quantitative estimate of drug-likeness (QED) is 0.265. The highest BCUT2D eigenvalue weighted by molar-refractivity contribution is 6.16. The zero-order valence-electron chi connectivity index (χ0n) is 21.1. The van der Waals surface area contributed by atoms with Crippen LogP contribution in [0.4, 0.5) is 0 Å². The van der Waals surface area contributed by atoms with Gasteiger partial charge in [0.1, 0.15) is 0 Å². The normalized spacial score (nSPS) is 15.3. The number of benzene rings is 3. The molecule has 1 unspecified atom stereocenters. The molecule has 0 spiro atoms. The van der Waals surface area contributed by atoms with Gasteiger partial charge < -0.3 is 23.9 Å². The lowest BCUT2D eigenvalue weighted by Gasteiger charge is -2.28. The van der Waals surface area contributed by atoms with Crippen molar-refractivity contribution in [2.24, 2.45) is 0 Å². The van der Waals surface area contributed by atoms with Crippen LogP contribution < -0.4 is 4.74 Å². The van der Waals surface area contributed by atoms with Gasteiger partial charge in [0.2, 0.25) is 5.78 Å². The summed E-state index contributed by atoms with van der Waals surface area (Å²) in [4.78, 5) is 40.5. The van der Waals surface area contributed by atoms with Crippen LogP contribution in [-0.4, -0.2) is 41.9 Å². The number of carbonyl (C=O) groups is 3. The van der Waals surface area contributed by atoms with Crippen LogP contribution in [0.5, 0.6) is 5.75 Å². The number of ketones is 1. The van der Waals surface area contributed by atoms with Crippen molar-refractivity contribution in [3.05, 3.63) is 112 Å². The molecule has 0 fully saturated rings. The highest BCUT2D eigenvalue weighted by atomic mass is 16.5. The van der Waals surface area contributed by atoms with Gasteiger partial charge in [-0.3, -0.25) is 9.59 Å². The number of nitrogens with zero attached hydrogens (tertiary/aromatic N) is 1. The molecule has 5 rings (SSSR count). The molecule has 192 valence electrons. The Labute approximate surface area is 218 Å². The predicted molar refractivity (Wildman–Crippen MR) is 139 cm³/mol. The summed E-state index contributed by atoms with van der Waals surface area (Å²) in [7, 11) is 2.81. The van der Waals surface area contributed by atoms with Gasteiger partial charge in [0.15, 0.2) is 22.9 Å². The number of amides is 1. The molecule has 1 aromatic heterocycles. The SMILES string of the molecule is COC(=O)c1ccc(CN2C(=O)C(O)=C(C(=O)c3cc4cccc(OC)c4o3)C2c2ccccc2C)cc1. The van der Waals surface area contributed by atoms with Crippen molar-refractivity contribution >= 4 is 28.6 Å². The van der Waals surface area contributed by atoms with E-state index in [1.165, 1.54) is 19.1 Å². The van der Waals surface area contributed by atoms with Crippen molar-refractivity contribution in [2.45, 2.75) is 19.5 Å². The molecule has 1 atom stereocenters. The molecule has 38 heavy (non-hydrogen) atoms. The van der Waals surface area contributed by atoms with Crippen LogP contribution in [0.25, 0.3) is 11.0 Å². The van der Waals surface area contributed by atoms with E-state index in [9.17, 15) is 19.5 Å². The van der Waals surface area contributed by atoms with Gasteiger partial charge in [0.25, 0.3) is 5.91 Å². The standard InChI is InChI=1S/C30H25NO7/c1-17-7-4-5-9-21(17)25-24(26(32)23-15-20-8-6-10-22(36-2)28(20)38-23)27(33)29(34)31(25)16-18-11-13-19(14-12-18)30(35)37-3/h4-15,25,33H,16H2,1-3H3. The minimum atomic E-state index is -0.855. The first-order valence-electron chi connectivity index (χ1n) is 11.9. The van der Waals surface area contributed by atoms with Crippen LogP contribution in [0.1, 0.15) is 43.6 Å². The van der Waals surface area contributed by atoms with Crippen LogP contribution in [0.15, 0.2) is 88.5 Å². The summed E-state index contributed by atoms with van der Waals surface area (Å²) in [5.74, 6) is -1.90. The number of furan rings is 1. The van der Waals surface area contributed by atoms with Gasteiger partial charge in [-0.25, -0.2) is 4.79 Å². The Morgan fingerprint density at radius 2 is 1.74 bits per heavy atom. The number of ether oxygens (including phenoxy) is 2. The Hall–Kier alpha value is -4.85. The molecule has 4 aromatic rings. The lowest BCUT2D eigenvalue weighted by molar-refractivity contribution is -0.130. The predicted octanol–water partition coefficient (Wildman–Crippen LogP) is 5.31. The average molecular weight is 512 g/mol. The Morgan fingerprint density at radius 1 is 1.00 bits per heavy atom. The number of fused-ring (bicyclic) bond motifs is 1. The number of aliphatic hydroxyl groups excluding tert-OH is 1. The van der Waals surface area contributed by atoms with E-state index in [0.29, 0.717) is 33.4 Å². The fraction of sp³-hybridized carbons (Fsp3) is 0.167. The molecule has 1 N–H and O–H groups in total. The van der Waals surface area contributed by atoms with E-state index in [1.807, 2.05) is 31.2 Å². The second-order valence-electron chi connectivity index (χ2n) is 8.96. The Morgan fingerprint density at radius 3 is 2.42 bits per heavy atom. The minimum Gasteiger partial charge on any atom is -0.503 e. The minimum absolute atomic E-state index is 0.0123.